The molecule has 0 radical (unpaired) electrons. The Morgan fingerprint density at radius 2 is 1.68 bits per heavy atom. The maximum absolute atomic E-state index is 12.7. The van der Waals surface area contributed by atoms with Gasteiger partial charge in [-0.2, -0.15) is 8.78 Å². The highest BCUT2D eigenvalue weighted by Crippen LogP contribution is 2.26. The normalized spacial score (nSPS) is 10.5. The molecule has 0 aliphatic heterocycles. The Bertz CT molecular complexity index is 618. The summed E-state index contributed by atoms with van der Waals surface area (Å²) in [5.41, 5.74) is 1.26. The highest BCUT2D eigenvalue weighted by molar-refractivity contribution is 7.99. The quantitative estimate of drug-likeness (QED) is 0.796. The number of nitrogens with one attached hydrogen (secondary N) is 2. The number of halogens is 3. The lowest BCUT2D eigenvalue weighted by Gasteiger charge is -2.08. The van der Waals surface area contributed by atoms with Gasteiger partial charge in [0.25, 0.3) is 5.76 Å². The second-order valence-corrected chi connectivity index (χ2v) is 5.40. The molecule has 0 saturated carbocycles. The van der Waals surface area contributed by atoms with E-state index in [1.165, 1.54) is 24.3 Å². The minimum Gasteiger partial charge on any atom is -0.334 e. The van der Waals surface area contributed by atoms with Crippen molar-refractivity contribution in [1.82, 2.24) is 5.32 Å². The number of amides is 2. The van der Waals surface area contributed by atoms with Crippen molar-refractivity contribution in [3.8, 4) is 0 Å². The van der Waals surface area contributed by atoms with Crippen molar-refractivity contribution in [2.75, 3.05) is 5.32 Å². The molecule has 2 aromatic rings. The van der Waals surface area contributed by atoms with Crippen LogP contribution in [0.15, 0.2) is 53.4 Å². The van der Waals surface area contributed by atoms with Gasteiger partial charge in [-0.15, -0.1) is 0 Å². The Hall–Kier alpha value is -2.15. The van der Waals surface area contributed by atoms with Crippen LogP contribution >= 0.6 is 11.8 Å². The first-order valence-electron chi connectivity index (χ1n) is 6.37. The number of hydrogen-bond acceptors (Lipinski definition) is 2. The number of carbonyl (C=O) groups is 1. The number of urea groups is 1. The standard InChI is InChI=1S/C15H13F3N2OS/c16-11-3-1-10(2-4-11)9-19-15(21)20-12-5-7-13(8-6-12)22-14(17)18/h1-8,14H,9H2,(H2,19,20,21). The lowest BCUT2D eigenvalue weighted by Crippen LogP contribution is -2.28. The molecule has 0 unspecified atom stereocenters. The minimum absolute atomic E-state index is 0.255. The predicted molar refractivity (Wildman–Crippen MR) is 80.6 cm³/mol. The molecule has 0 bridgehead atoms. The Labute approximate surface area is 129 Å². The van der Waals surface area contributed by atoms with Crippen LogP contribution in [0.1, 0.15) is 5.56 Å². The van der Waals surface area contributed by atoms with Gasteiger partial charge in [-0.3, -0.25) is 0 Å². The van der Waals surface area contributed by atoms with Crippen molar-refractivity contribution in [3.63, 3.8) is 0 Å². The molecule has 0 heterocycles. The van der Waals surface area contributed by atoms with Crippen LogP contribution in [0.5, 0.6) is 0 Å². The minimum atomic E-state index is -2.47. The number of thioether (sulfide) groups is 1. The second-order valence-electron chi connectivity index (χ2n) is 4.34. The fourth-order valence-corrected chi connectivity index (χ4v) is 2.18. The van der Waals surface area contributed by atoms with E-state index in [1.807, 2.05) is 0 Å². The van der Waals surface area contributed by atoms with Gasteiger partial charge in [0.05, 0.1) is 0 Å². The lowest BCUT2D eigenvalue weighted by atomic mass is 10.2. The molecule has 0 aliphatic carbocycles. The summed E-state index contributed by atoms with van der Waals surface area (Å²) in [7, 11) is 0. The van der Waals surface area contributed by atoms with Gasteiger partial charge in [-0.1, -0.05) is 23.9 Å². The van der Waals surface area contributed by atoms with Gasteiger partial charge in [0.15, 0.2) is 0 Å². The molecular weight excluding hydrogens is 313 g/mol. The average molecular weight is 326 g/mol. The summed E-state index contributed by atoms with van der Waals surface area (Å²) in [5, 5.41) is 5.20. The van der Waals surface area contributed by atoms with E-state index in [9.17, 15) is 18.0 Å². The summed E-state index contributed by atoms with van der Waals surface area (Å²) in [6.45, 7) is 0.255. The summed E-state index contributed by atoms with van der Waals surface area (Å²) >= 11 is 0.442. The Morgan fingerprint density at radius 3 is 2.27 bits per heavy atom. The summed E-state index contributed by atoms with van der Waals surface area (Å²) in [6, 6.07) is 11.4. The molecule has 2 amide bonds. The largest absolute Gasteiger partial charge is 0.334 e. The molecular formula is C15H13F3N2OS. The molecule has 0 atom stereocenters. The van der Waals surface area contributed by atoms with Gasteiger partial charge in [0.1, 0.15) is 5.82 Å². The average Bonchev–Trinajstić information content (AvgIpc) is 2.48. The third-order valence-electron chi connectivity index (χ3n) is 2.70. The number of rotatable bonds is 5. The summed E-state index contributed by atoms with van der Waals surface area (Å²) < 4.78 is 37.1. The first-order valence-corrected chi connectivity index (χ1v) is 7.25. The molecule has 0 aliphatic rings. The first kappa shape index (κ1) is 16.2. The van der Waals surface area contributed by atoms with Crippen molar-refractivity contribution in [1.29, 1.82) is 0 Å². The molecule has 2 N–H and O–H groups in total. The molecule has 2 rings (SSSR count). The maximum atomic E-state index is 12.7. The molecule has 116 valence electrons. The third kappa shape index (κ3) is 5.33. The molecule has 0 fully saturated rings. The van der Waals surface area contributed by atoms with Crippen LogP contribution < -0.4 is 10.6 Å². The van der Waals surface area contributed by atoms with Crippen molar-refractivity contribution in [2.24, 2.45) is 0 Å². The zero-order valence-electron chi connectivity index (χ0n) is 11.4. The van der Waals surface area contributed by atoms with E-state index in [0.717, 1.165) is 5.56 Å². The fraction of sp³-hybridized carbons (Fsp3) is 0.133. The smallest absolute Gasteiger partial charge is 0.319 e. The van der Waals surface area contributed by atoms with Crippen LogP contribution in [0.4, 0.5) is 23.7 Å². The van der Waals surface area contributed by atoms with E-state index in [-0.39, 0.29) is 12.4 Å². The molecule has 7 heteroatoms. The summed E-state index contributed by atoms with van der Waals surface area (Å²) in [4.78, 5) is 12.1. The molecule has 0 spiro atoms. The monoisotopic (exact) mass is 326 g/mol. The van der Waals surface area contributed by atoms with Gasteiger partial charge >= 0.3 is 6.03 Å². The number of alkyl halides is 2. The zero-order valence-corrected chi connectivity index (χ0v) is 12.2. The van der Waals surface area contributed by atoms with Gasteiger partial charge in [0, 0.05) is 17.1 Å². The van der Waals surface area contributed by atoms with Crippen LogP contribution in [0.2, 0.25) is 0 Å². The second kappa shape index (κ2) is 7.74. The maximum Gasteiger partial charge on any atom is 0.319 e. The van der Waals surface area contributed by atoms with Crippen LogP contribution in [-0.4, -0.2) is 11.8 Å². The van der Waals surface area contributed by atoms with Crippen LogP contribution in [-0.2, 0) is 6.54 Å². The Balaban J connectivity index is 1.82. The molecule has 2 aromatic carbocycles. The number of hydrogen-bond donors (Lipinski definition) is 2. The zero-order chi connectivity index (χ0) is 15.9. The fourth-order valence-electron chi connectivity index (χ4n) is 1.68. The number of anilines is 1. The first-order chi connectivity index (χ1) is 10.5. The number of carbonyl (C=O) groups excluding carboxylic acids is 1. The van der Waals surface area contributed by atoms with Gasteiger partial charge < -0.3 is 10.6 Å². The summed E-state index contributed by atoms with van der Waals surface area (Å²) in [6.07, 6.45) is 0. The van der Waals surface area contributed by atoms with Crippen LogP contribution in [0.3, 0.4) is 0 Å². The van der Waals surface area contributed by atoms with Crippen molar-refractivity contribution in [2.45, 2.75) is 17.2 Å². The highest BCUT2D eigenvalue weighted by Gasteiger charge is 2.06. The molecule has 0 saturated heterocycles. The van der Waals surface area contributed by atoms with E-state index in [1.54, 1.807) is 24.3 Å². The Kier molecular flexibility index (Phi) is 5.71. The van der Waals surface area contributed by atoms with Gasteiger partial charge in [-0.25, -0.2) is 9.18 Å². The molecule has 22 heavy (non-hydrogen) atoms. The van der Waals surface area contributed by atoms with Gasteiger partial charge in [-0.05, 0) is 42.0 Å². The molecule has 3 nitrogen and oxygen atoms in total. The van der Waals surface area contributed by atoms with Crippen molar-refractivity contribution in [3.05, 3.63) is 59.9 Å². The lowest BCUT2D eigenvalue weighted by molar-refractivity contribution is 0.251. The van der Waals surface area contributed by atoms with E-state index in [0.29, 0.717) is 22.3 Å². The van der Waals surface area contributed by atoms with E-state index >= 15 is 0 Å². The van der Waals surface area contributed by atoms with E-state index in [2.05, 4.69) is 10.6 Å². The van der Waals surface area contributed by atoms with Gasteiger partial charge in [0.2, 0.25) is 0 Å². The topological polar surface area (TPSA) is 41.1 Å². The third-order valence-corrected chi connectivity index (χ3v) is 3.43. The summed E-state index contributed by atoms with van der Waals surface area (Å²) in [5.74, 6) is -2.81. The number of benzene rings is 2. The van der Waals surface area contributed by atoms with E-state index < -0.39 is 11.8 Å². The Morgan fingerprint density at radius 1 is 1.05 bits per heavy atom. The van der Waals surface area contributed by atoms with Crippen LogP contribution in [0.25, 0.3) is 0 Å². The van der Waals surface area contributed by atoms with E-state index in [4.69, 9.17) is 0 Å². The molecule has 0 aromatic heterocycles. The van der Waals surface area contributed by atoms with Crippen molar-refractivity contribution < 1.29 is 18.0 Å². The predicted octanol–water partition coefficient (Wildman–Crippen LogP) is 4.46. The highest BCUT2D eigenvalue weighted by atomic mass is 32.2. The van der Waals surface area contributed by atoms with Crippen molar-refractivity contribution >= 4 is 23.5 Å². The SMILES string of the molecule is O=C(NCc1ccc(F)cc1)Nc1ccc(SC(F)F)cc1. The van der Waals surface area contributed by atoms with Crippen LogP contribution in [0, 0.1) is 5.82 Å².